The van der Waals surface area contributed by atoms with E-state index >= 15 is 0 Å². The Hall–Kier alpha value is -1.06. The monoisotopic (exact) mass is 327 g/mol. The fourth-order valence-electron chi connectivity index (χ4n) is 2.60. The van der Waals surface area contributed by atoms with Gasteiger partial charge in [0, 0.05) is 12.7 Å². The molecule has 0 radical (unpaired) electrons. The normalized spacial score (nSPS) is 24.3. The summed E-state index contributed by atoms with van der Waals surface area (Å²) in [6.07, 6.45) is 3.60. The first kappa shape index (κ1) is 15.8. The summed E-state index contributed by atoms with van der Waals surface area (Å²) in [7, 11) is 0. The van der Waals surface area contributed by atoms with E-state index in [1.165, 1.54) is 22.1 Å². The van der Waals surface area contributed by atoms with Gasteiger partial charge in [0.05, 0.1) is 29.5 Å². The second-order valence-corrected chi connectivity index (χ2v) is 5.84. The van der Waals surface area contributed by atoms with E-state index in [-0.39, 0.29) is 46.5 Å². The van der Waals surface area contributed by atoms with E-state index in [0.29, 0.717) is 24.5 Å². The maximum Gasteiger partial charge on any atom is 1.00 e. The molecule has 3 aliphatic rings. The van der Waals surface area contributed by atoms with Crippen LogP contribution in [-0.2, 0) is 27.5 Å². The zero-order valence-corrected chi connectivity index (χ0v) is 14.6. The number of β-lactam (4-membered cyclic amide) rings is 1. The number of amides is 1. The van der Waals surface area contributed by atoms with Crippen LogP contribution in [0.5, 0.6) is 0 Å². The molecule has 0 spiro atoms. The van der Waals surface area contributed by atoms with Gasteiger partial charge in [0.1, 0.15) is 17.8 Å². The Balaban J connectivity index is 0.00000144. The van der Waals surface area contributed by atoms with Gasteiger partial charge in [0.2, 0.25) is 0 Å². The van der Waals surface area contributed by atoms with E-state index in [1.807, 2.05) is 10.8 Å². The van der Waals surface area contributed by atoms with E-state index < -0.39 is 5.97 Å². The van der Waals surface area contributed by atoms with Gasteiger partial charge in [-0.2, -0.15) is 0 Å². The van der Waals surface area contributed by atoms with Gasteiger partial charge in [-0.25, -0.2) is 4.98 Å². The summed E-state index contributed by atoms with van der Waals surface area (Å²) >= 11 is 1.29. The molecule has 1 saturated heterocycles. The number of thioether (sulfide) groups is 1. The number of ether oxygens (including phenoxy) is 1. The van der Waals surface area contributed by atoms with Crippen molar-refractivity contribution in [3.63, 3.8) is 0 Å². The number of carbonyl (C=O) groups excluding carboxylic acids is 2. The number of fused-ring (bicyclic) bond motifs is 2. The summed E-state index contributed by atoms with van der Waals surface area (Å²) < 4.78 is 7.33. The third kappa shape index (κ3) is 2.35. The number of hydrogen-bond acceptors (Lipinski definition) is 6. The van der Waals surface area contributed by atoms with Gasteiger partial charge in [0.15, 0.2) is 0 Å². The van der Waals surface area contributed by atoms with Crippen LogP contribution in [0.15, 0.2) is 22.9 Å². The summed E-state index contributed by atoms with van der Waals surface area (Å²) in [5, 5.41) is 12.1. The average molecular weight is 327 g/mol. The number of imidazole rings is 1. The zero-order valence-electron chi connectivity index (χ0n) is 11.8. The minimum Gasteiger partial charge on any atom is -0.543 e. The molecular formula is C13H10N3NaO4S. The third-order valence-electron chi connectivity index (χ3n) is 3.63. The van der Waals surface area contributed by atoms with Crippen LogP contribution >= 0.6 is 11.8 Å². The summed E-state index contributed by atoms with van der Waals surface area (Å²) in [5.41, 5.74) is 1.19. The minimum atomic E-state index is -1.33. The van der Waals surface area contributed by atoms with Gasteiger partial charge in [-0.05, 0) is 11.5 Å². The number of carboxylic acid groups (broad SMARTS) is 1. The number of aromatic nitrogens is 2. The average Bonchev–Trinajstić information content (AvgIpc) is 3.05. The molecule has 1 fully saturated rings. The third-order valence-corrected chi connectivity index (χ3v) is 4.71. The van der Waals surface area contributed by atoms with E-state index in [9.17, 15) is 14.7 Å². The first-order chi connectivity index (χ1) is 10.1. The van der Waals surface area contributed by atoms with Gasteiger partial charge < -0.3 is 19.2 Å². The van der Waals surface area contributed by atoms with Crippen molar-refractivity contribution in [2.45, 2.75) is 18.5 Å². The van der Waals surface area contributed by atoms with Crippen molar-refractivity contribution in [3.8, 4) is 0 Å². The van der Waals surface area contributed by atoms with E-state index in [0.717, 1.165) is 12.4 Å². The quantitative estimate of drug-likeness (QED) is 0.316. The van der Waals surface area contributed by atoms with E-state index in [2.05, 4.69) is 4.98 Å². The summed E-state index contributed by atoms with van der Waals surface area (Å²) in [6.45, 7) is 1.88. The van der Waals surface area contributed by atoms with Crippen LogP contribution in [0.1, 0.15) is 11.5 Å². The van der Waals surface area contributed by atoms with Crippen LogP contribution in [0.2, 0.25) is 0 Å². The second kappa shape index (κ2) is 5.86. The predicted molar refractivity (Wildman–Crippen MR) is 71.2 cm³/mol. The summed E-state index contributed by atoms with van der Waals surface area (Å²) in [6, 6.07) is 0. The molecule has 4 heterocycles. The fourth-order valence-corrected chi connectivity index (χ4v) is 3.71. The Morgan fingerprint density at radius 2 is 2.36 bits per heavy atom. The molecule has 1 amide bonds. The van der Waals surface area contributed by atoms with Crippen LogP contribution < -0.4 is 34.7 Å². The van der Waals surface area contributed by atoms with Crippen LogP contribution in [0.25, 0.3) is 6.08 Å². The SMILES string of the molecule is O=C([O-])C1=CS[C@@H]2/C(=C/c3cn4c(n3)COCC4)C(=O)N12.[Na+]. The fraction of sp³-hybridized carbons (Fsp3) is 0.308. The molecular weight excluding hydrogens is 317 g/mol. The Bertz CT molecular complexity index is 703. The molecule has 0 aromatic carbocycles. The second-order valence-electron chi connectivity index (χ2n) is 4.88. The Labute approximate surface area is 152 Å². The maximum absolute atomic E-state index is 12.1. The van der Waals surface area contributed by atoms with Crippen molar-refractivity contribution in [1.29, 1.82) is 0 Å². The van der Waals surface area contributed by atoms with Crippen molar-refractivity contribution in [2.24, 2.45) is 0 Å². The van der Waals surface area contributed by atoms with Crippen LogP contribution in [0.4, 0.5) is 0 Å². The van der Waals surface area contributed by atoms with Crippen LogP contribution in [-0.4, -0.2) is 38.3 Å². The van der Waals surface area contributed by atoms with Crippen molar-refractivity contribution in [3.05, 3.63) is 34.4 Å². The Morgan fingerprint density at radius 1 is 1.55 bits per heavy atom. The number of carboxylic acids is 1. The van der Waals surface area contributed by atoms with Crippen molar-refractivity contribution in [1.82, 2.24) is 14.5 Å². The van der Waals surface area contributed by atoms with Crippen molar-refractivity contribution < 1.29 is 49.0 Å². The first-order valence-electron chi connectivity index (χ1n) is 6.41. The molecule has 0 unspecified atom stereocenters. The maximum atomic E-state index is 12.1. The topological polar surface area (TPSA) is 87.5 Å². The Morgan fingerprint density at radius 3 is 3.09 bits per heavy atom. The van der Waals surface area contributed by atoms with Crippen molar-refractivity contribution >= 4 is 29.7 Å². The number of nitrogens with zero attached hydrogens (tertiary/aromatic N) is 3. The molecule has 0 bridgehead atoms. The van der Waals surface area contributed by atoms with Crippen LogP contribution in [0.3, 0.4) is 0 Å². The molecule has 1 aromatic heterocycles. The smallest absolute Gasteiger partial charge is 0.543 e. The molecule has 1 aromatic rings. The van der Waals surface area contributed by atoms with Gasteiger partial charge in [0.25, 0.3) is 5.91 Å². The van der Waals surface area contributed by atoms with E-state index in [1.54, 1.807) is 6.08 Å². The molecule has 4 rings (SSSR count). The summed E-state index contributed by atoms with van der Waals surface area (Å²) in [5.74, 6) is -0.793. The van der Waals surface area contributed by atoms with Gasteiger partial charge in [-0.3, -0.25) is 9.69 Å². The summed E-state index contributed by atoms with van der Waals surface area (Å²) in [4.78, 5) is 28.6. The molecule has 22 heavy (non-hydrogen) atoms. The standard InChI is InChI=1S/C13H11N3O4S.Na/c17-11-8(12-16(11)9(6-21-12)13(18)19)3-7-4-15-1-2-20-5-10(15)14-7;/h3-4,6,12H,1-2,5H2,(H,18,19);/q;+1/p-1/b8-3+;/t12-;/m1./s1. The number of aliphatic carboxylic acids is 1. The molecule has 108 valence electrons. The zero-order chi connectivity index (χ0) is 14.6. The molecule has 9 heteroatoms. The predicted octanol–water partition coefficient (Wildman–Crippen LogP) is -3.69. The number of carbonyl (C=O) groups is 2. The van der Waals surface area contributed by atoms with Gasteiger partial charge >= 0.3 is 29.6 Å². The molecule has 3 aliphatic heterocycles. The minimum absolute atomic E-state index is 0. The first-order valence-corrected chi connectivity index (χ1v) is 7.35. The van der Waals surface area contributed by atoms with Crippen LogP contribution in [0, 0.1) is 0 Å². The van der Waals surface area contributed by atoms with Crippen molar-refractivity contribution in [2.75, 3.05) is 6.61 Å². The Kier molecular flexibility index (Phi) is 4.21. The van der Waals surface area contributed by atoms with Gasteiger partial charge in [-0.1, -0.05) is 0 Å². The number of hydrogen-bond donors (Lipinski definition) is 0. The molecule has 0 saturated carbocycles. The van der Waals surface area contributed by atoms with E-state index in [4.69, 9.17) is 4.74 Å². The largest absolute Gasteiger partial charge is 1.00 e. The molecule has 1 atom stereocenters. The number of rotatable bonds is 2. The molecule has 7 nitrogen and oxygen atoms in total. The molecule has 0 N–H and O–H groups in total. The molecule has 0 aliphatic carbocycles. The van der Waals surface area contributed by atoms with Gasteiger partial charge in [-0.15, -0.1) is 11.8 Å².